The van der Waals surface area contributed by atoms with Crippen LogP contribution in [0.25, 0.3) is 20.4 Å². The predicted molar refractivity (Wildman–Crippen MR) is 154 cm³/mol. The zero-order valence-corrected chi connectivity index (χ0v) is 22.4. The van der Waals surface area contributed by atoms with E-state index in [1.165, 1.54) is 46.8 Å². The van der Waals surface area contributed by atoms with Crippen molar-refractivity contribution >= 4 is 60.8 Å². The highest BCUT2D eigenvalue weighted by molar-refractivity contribution is 8.00. The number of aromatic nitrogens is 3. The molecule has 0 atom stereocenters. The van der Waals surface area contributed by atoms with Gasteiger partial charge in [-0.1, -0.05) is 61.5 Å². The number of aryl methyl sites for hydroxylation is 2. The summed E-state index contributed by atoms with van der Waals surface area (Å²) in [6.07, 6.45) is 8.41. The number of anilines is 2. The summed E-state index contributed by atoms with van der Waals surface area (Å²) in [7, 11) is 0. The summed E-state index contributed by atoms with van der Waals surface area (Å²) in [6.45, 7) is 2.23. The second kappa shape index (κ2) is 10.6. The lowest BCUT2D eigenvalue weighted by atomic mass is 10.0. The molecule has 0 aliphatic heterocycles. The summed E-state index contributed by atoms with van der Waals surface area (Å²) in [6, 6.07) is 19.6. The number of unbranched alkanes of at least 4 members (excludes halogenated alkanes) is 1. The lowest BCUT2D eigenvalue weighted by molar-refractivity contribution is -0.115. The predicted octanol–water partition coefficient (Wildman–Crippen LogP) is 7.53. The normalized spacial score (nSPS) is 12.8. The number of hydrogen-bond donors (Lipinski definition) is 0. The van der Waals surface area contributed by atoms with Crippen LogP contribution in [0.5, 0.6) is 0 Å². The third-order valence-electron chi connectivity index (χ3n) is 6.90. The van der Waals surface area contributed by atoms with E-state index in [1.54, 1.807) is 22.6 Å². The number of carbonyl (C=O) groups is 1. The summed E-state index contributed by atoms with van der Waals surface area (Å²) in [5.41, 5.74) is 6.85. The average Bonchev–Trinajstić information content (AvgIpc) is 3.57. The van der Waals surface area contributed by atoms with Crippen LogP contribution in [0.3, 0.4) is 0 Å². The quantitative estimate of drug-likeness (QED) is 0.155. The van der Waals surface area contributed by atoms with E-state index in [4.69, 9.17) is 9.97 Å². The molecule has 2 aromatic carbocycles. The van der Waals surface area contributed by atoms with E-state index in [1.807, 2.05) is 60.7 Å². The second-order valence-corrected chi connectivity index (χ2v) is 11.3. The van der Waals surface area contributed by atoms with E-state index in [0.29, 0.717) is 0 Å². The van der Waals surface area contributed by atoms with Crippen molar-refractivity contribution in [1.29, 1.82) is 0 Å². The molecule has 1 aliphatic carbocycles. The largest absolute Gasteiger partial charge is 0.280 e. The number of thioether (sulfide) groups is 1. The fourth-order valence-electron chi connectivity index (χ4n) is 5.20. The fourth-order valence-corrected chi connectivity index (χ4v) is 7.30. The summed E-state index contributed by atoms with van der Waals surface area (Å²) < 4.78 is 1.04. The van der Waals surface area contributed by atoms with Gasteiger partial charge in [0.2, 0.25) is 5.91 Å². The van der Waals surface area contributed by atoms with Crippen molar-refractivity contribution in [3.8, 4) is 0 Å². The molecule has 0 saturated heterocycles. The number of carbonyl (C=O) groups excluding carboxylic acids is 1. The van der Waals surface area contributed by atoms with E-state index in [2.05, 4.69) is 11.9 Å². The fraction of sp³-hybridized carbons (Fsp3) is 0.267. The number of hydrogen-bond acceptors (Lipinski definition) is 6. The van der Waals surface area contributed by atoms with Crippen molar-refractivity contribution in [2.24, 2.45) is 0 Å². The molecule has 6 rings (SSSR count). The highest BCUT2D eigenvalue weighted by Crippen LogP contribution is 2.42. The third-order valence-corrected chi connectivity index (χ3v) is 9.09. The lowest BCUT2D eigenvalue weighted by Gasteiger charge is -2.22. The number of amides is 1. The minimum atomic E-state index is 0.0103. The zero-order chi connectivity index (χ0) is 25.2. The van der Waals surface area contributed by atoms with Gasteiger partial charge in [0.1, 0.15) is 16.2 Å². The van der Waals surface area contributed by atoms with E-state index in [9.17, 15) is 4.79 Å². The molecular weight excluding hydrogens is 496 g/mol. The number of pyridine rings is 1. The maximum atomic E-state index is 13.6. The van der Waals surface area contributed by atoms with Crippen LogP contribution >= 0.6 is 23.1 Å². The van der Waals surface area contributed by atoms with Crippen molar-refractivity contribution in [1.82, 2.24) is 15.0 Å². The Hall–Kier alpha value is -3.29. The van der Waals surface area contributed by atoms with Gasteiger partial charge in [0, 0.05) is 22.5 Å². The van der Waals surface area contributed by atoms with Crippen molar-refractivity contribution < 1.29 is 4.79 Å². The molecule has 1 amide bonds. The van der Waals surface area contributed by atoms with E-state index in [0.717, 1.165) is 57.1 Å². The molecule has 7 heteroatoms. The van der Waals surface area contributed by atoms with E-state index < -0.39 is 0 Å². The number of fused-ring (bicyclic) bond motifs is 5. The van der Waals surface area contributed by atoms with E-state index in [-0.39, 0.29) is 11.7 Å². The molecule has 0 fully saturated rings. The first kappa shape index (κ1) is 24.1. The first-order chi connectivity index (χ1) is 18.2. The number of nitrogens with zero attached hydrogens (tertiary/aromatic N) is 4. The molecule has 0 spiro atoms. The molecular formula is C30H28N4OS2. The first-order valence-electron chi connectivity index (χ1n) is 12.9. The summed E-state index contributed by atoms with van der Waals surface area (Å²) in [5.74, 6) is 0.286. The van der Waals surface area contributed by atoms with Crippen molar-refractivity contribution in [2.45, 2.75) is 50.5 Å². The SMILES string of the molecule is CCCCc1nc2sc3c(SCC(=O)N(c4ccccc4)c4ccccc4)ncnc3c2c2c1CCC2. The monoisotopic (exact) mass is 524 g/mol. The van der Waals surface area contributed by atoms with Crippen LogP contribution in [0.4, 0.5) is 11.4 Å². The Kier molecular flexibility index (Phi) is 6.89. The Morgan fingerprint density at radius 1 is 0.973 bits per heavy atom. The van der Waals surface area contributed by atoms with Crippen LogP contribution in [-0.2, 0) is 24.1 Å². The van der Waals surface area contributed by atoms with Gasteiger partial charge in [0.25, 0.3) is 0 Å². The van der Waals surface area contributed by atoms with Gasteiger partial charge in [-0.25, -0.2) is 15.0 Å². The van der Waals surface area contributed by atoms with Gasteiger partial charge < -0.3 is 0 Å². The van der Waals surface area contributed by atoms with Crippen LogP contribution in [0.15, 0.2) is 72.0 Å². The molecule has 0 bridgehead atoms. The summed E-state index contributed by atoms with van der Waals surface area (Å²) in [5, 5.41) is 2.06. The maximum Gasteiger partial charge on any atom is 0.241 e. The molecule has 5 aromatic rings. The molecule has 5 nitrogen and oxygen atoms in total. The van der Waals surface area contributed by atoms with Crippen LogP contribution < -0.4 is 4.90 Å². The van der Waals surface area contributed by atoms with Gasteiger partial charge in [-0.2, -0.15) is 0 Å². The van der Waals surface area contributed by atoms with E-state index >= 15 is 0 Å². The van der Waals surface area contributed by atoms with Gasteiger partial charge in [0.15, 0.2) is 0 Å². The van der Waals surface area contributed by atoms with Gasteiger partial charge in [0.05, 0.1) is 16.0 Å². The minimum Gasteiger partial charge on any atom is -0.280 e. The molecule has 3 heterocycles. The first-order valence-corrected chi connectivity index (χ1v) is 14.7. The highest BCUT2D eigenvalue weighted by Gasteiger charge is 2.25. The van der Waals surface area contributed by atoms with Gasteiger partial charge in [-0.05, 0) is 67.5 Å². The summed E-state index contributed by atoms with van der Waals surface area (Å²) >= 11 is 3.16. The van der Waals surface area contributed by atoms with Crippen molar-refractivity contribution in [3.63, 3.8) is 0 Å². The molecule has 0 unspecified atom stereocenters. The Morgan fingerprint density at radius 3 is 2.38 bits per heavy atom. The Balaban J connectivity index is 1.34. The number of rotatable bonds is 8. The van der Waals surface area contributed by atoms with Gasteiger partial charge in [-0.3, -0.25) is 9.69 Å². The second-order valence-electron chi connectivity index (χ2n) is 9.30. The third kappa shape index (κ3) is 4.62. The standard InChI is InChI=1S/C30H28N4OS2/c1-2-3-17-24-22-15-10-16-23(22)26-27-28(37-29(26)33-24)30(32-19-31-27)36-18-25(35)34(20-11-6-4-7-12-20)21-13-8-5-9-14-21/h4-9,11-14,19H,2-3,10,15-18H2,1H3. The summed E-state index contributed by atoms with van der Waals surface area (Å²) in [4.78, 5) is 30.9. The number of para-hydroxylation sites is 2. The molecule has 1 aliphatic rings. The van der Waals surface area contributed by atoms with Gasteiger partial charge in [-0.15, -0.1) is 11.3 Å². The van der Waals surface area contributed by atoms with Crippen LogP contribution in [0, 0.1) is 0 Å². The van der Waals surface area contributed by atoms with Crippen molar-refractivity contribution in [2.75, 3.05) is 10.7 Å². The topological polar surface area (TPSA) is 59.0 Å². The molecule has 0 saturated carbocycles. The smallest absolute Gasteiger partial charge is 0.241 e. The molecule has 186 valence electrons. The molecule has 3 aromatic heterocycles. The Labute approximate surface area is 225 Å². The van der Waals surface area contributed by atoms with Gasteiger partial charge >= 0.3 is 0 Å². The van der Waals surface area contributed by atoms with Crippen LogP contribution in [0.1, 0.15) is 43.0 Å². The maximum absolute atomic E-state index is 13.6. The van der Waals surface area contributed by atoms with Crippen LogP contribution in [-0.4, -0.2) is 26.6 Å². The number of thiophene rings is 1. The molecule has 0 radical (unpaired) electrons. The van der Waals surface area contributed by atoms with Crippen molar-refractivity contribution in [3.05, 3.63) is 83.8 Å². The Bertz CT molecular complexity index is 1530. The lowest BCUT2D eigenvalue weighted by Crippen LogP contribution is -2.27. The molecule has 37 heavy (non-hydrogen) atoms. The highest BCUT2D eigenvalue weighted by atomic mass is 32.2. The Morgan fingerprint density at radius 2 is 1.68 bits per heavy atom. The average molecular weight is 525 g/mol. The molecule has 0 N–H and O–H groups in total. The zero-order valence-electron chi connectivity index (χ0n) is 20.8. The minimum absolute atomic E-state index is 0.0103. The van der Waals surface area contributed by atoms with Crippen LogP contribution in [0.2, 0.25) is 0 Å². The number of benzene rings is 2.